The molecular formula is C27H29Cl2N3O5S. The number of rotatable bonds is 11. The molecule has 11 heteroatoms. The molecular weight excluding hydrogens is 549 g/mol. The minimum absolute atomic E-state index is 0.0376. The zero-order valence-electron chi connectivity index (χ0n) is 21.2. The third-order valence-electron chi connectivity index (χ3n) is 5.77. The number of anilines is 1. The van der Waals surface area contributed by atoms with Gasteiger partial charge < -0.3 is 15.0 Å². The number of ether oxygens (including phenoxy) is 1. The molecule has 0 fully saturated rings. The summed E-state index contributed by atoms with van der Waals surface area (Å²) in [6.45, 7) is 3.09. The largest absolute Gasteiger partial charge is 0.492 e. The average Bonchev–Trinajstić information content (AvgIpc) is 2.90. The molecule has 0 saturated heterocycles. The summed E-state index contributed by atoms with van der Waals surface area (Å²) in [5.41, 5.74) is 0.872. The van der Waals surface area contributed by atoms with Crippen molar-refractivity contribution in [3.8, 4) is 5.75 Å². The van der Waals surface area contributed by atoms with Crippen molar-refractivity contribution in [1.82, 2.24) is 10.2 Å². The van der Waals surface area contributed by atoms with Gasteiger partial charge in [0.2, 0.25) is 11.8 Å². The number of hydrogen-bond acceptors (Lipinski definition) is 5. The fraction of sp³-hybridized carbons (Fsp3) is 0.259. The first-order chi connectivity index (χ1) is 18.1. The fourth-order valence-corrected chi connectivity index (χ4v) is 5.57. The highest BCUT2D eigenvalue weighted by Crippen LogP contribution is 2.33. The van der Waals surface area contributed by atoms with Gasteiger partial charge in [-0.1, -0.05) is 47.5 Å². The van der Waals surface area contributed by atoms with Gasteiger partial charge in [-0.05, 0) is 67.9 Å². The van der Waals surface area contributed by atoms with Gasteiger partial charge in [0.1, 0.15) is 18.3 Å². The van der Waals surface area contributed by atoms with Crippen LogP contribution in [0.15, 0.2) is 77.7 Å². The monoisotopic (exact) mass is 577 g/mol. The second kappa shape index (κ2) is 13.0. The number of hydrogen-bond donors (Lipinski definition) is 1. The van der Waals surface area contributed by atoms with E-state index in [9.17, 15) is 18.0 Å². The van der Waals surface area contributed by atoms with Crippen LogP contribution in [0.25, 0.3) is 0 Å². The molecule has 2 amide bonds. The second-order valence-electron chi connectivity index (χ2n) is 8.31. The molecule has 1 atom stereocenters. The smallest absolute Gasteiger partial charge is 0.264 e. The van der Waals surface area contributed by atoms with E-state index in [2.05, 4.69) is 5.32 Å². The number of amides is 2. The van der Waals surface area contributed by atoms with Crippen LogP contribution in [-0.2, 0) is 26.2 Å². The highest BCUT2D eigenvalue weighted by molar-refractivity contribution is 7.92. The lowest BCUT2D eigenvalue weighted by Crippen LogP contribution is -2.50. The molecule has 0 saturated carbocycles. The van der Waals surface area contributed by atoms with Crippen LogP contribution in [0.2, 0.25) is 10.0 Å². The first-order valence-electron chi connectivity index (χ1n) is 11.8. The van der Waals surface area contributed by atoms with E-state index in [1.807, 2.05) is 0 Å². The van der Waals surface area contributed by atoms with Crippen LogP contribution in [0.4, 0.5) is 5.69 Å². The Kier molecular flexibility index (Phi) is 10.0. The molecule has 0 unspecified atom stereocenters. The summed E-state index contributed by atoms with van der Waals surface area (Å²) in [6.07, 6.45) is 0. The van der Waals surface area contributed by atoms with E-state index in [1.54, 1.807) is 62.4 Å². The Balaban J connectivity index is 2.09. The van der Waals surface area contributed by atoms with E-state index < -0.39 is 34.4 Å². The van der Waals surface area contributed by atoms with Crippen LogP contribution in [0.3, 0.4) is 0 Å². The number of sulfonamides is 1. The lowest BCUT2D eigenvalue weighted by molar-refractivity contribution is -0.139. The van der Waals surface area contributed by atoms with Gasteiger partial charge in [-0.3, -0.25) is 13.9 Å². The van der Waals surface area contributed by atoms with Crippen molar-refractivity contribution >= 4 is 50.7 Å². The van der Waals surface area contributed by atoms with Crippen molar-refractivity contribution in [1.29, 1.82) is 0 Å². The van der Waals surface area contributed by atoms with Crippen molar-refractivity contribution < 1.29 is 22.7 Å². The van der Waals surface area contributed by atoms with E-state index in [0.29, 0.717) is 21.4 Å². The molecule has 0 aliphatic heterocycles. The number of benzene rings is 3. The number of carbonyl (C=O) groups is 2. The third-order valence-corrected chi connectivity index (χ3v) is 8.03. The minimum Gasteiger partial charge on any atom is -0.492 e. The molecule has 0 aliphatic rings. The topological polar surface area (TPSA) is 96.0 Å². The van der Waals surface area contributed by atoms with Crippen LogP contribution >= 0.6 is 23.2 Å². The van der Waals surface area contributed by atoms with E-state index in [4.69, 9.17) is 27.9 Å². The van der Waals surface area contributed by atoms with Crippen molar-refractivity contribution in [2.75, 3.05) is 24.5 Å². The van der Waals surface area contributed by atoms with E-state index >= 15 is 0 Å². The van der Waals surface area contributed by atoms with Gasteiger partial charge in [0.05, 0.1) is 17.2 Å². The normalized spacial score (nSPS) is 11.9. The summed E-state index contributed by atoms with van der Waals surface area (Å²) in [6, 6.07) is 18.2. The zero-order valence-corrected chi connectivity index (χ0v) is 23.6. The molecule has 38 heavy (non-hydrogen) atoms. The Labute approximate surface area is 233 Å². The molecule has 0 bridgehead atoms. The number of para-hydroxylation sites is 2. The SMILES string of the molecule is CCOc1ccccc1N(CC(=O)N(Cc1cccc(Cl)c1)[C@H](C)C(=O)NC)S(=O)(=O)c1ccc(Cl)cc1. The Morgan fingerprint density at radius 3 is 2.29 bits per heavy atom. The zero-order chi connectivity index (χ0) is 27.9. The van der Waals surface area contributed by atoms with Gasteiger partial charge in [0.25, 0.3) is 10.0 Å². The maximum Gasteiger partial charge on any atom is 0.264 e. The minimum atomic E-state index is -4.25. The molecule has 0 aromatic heterocycles. The van der Waals surface area contributed by atoms with Gasteiger partial charge in [-0.25, -0.2) is 8.42 Å². The summed E-state index contributed by atoms with van der Waals surface area (Å²) in [4.78, 5) is 27.7. The molecule has 3 aromatic carbocycles. The summed E-state index contributed by atoms with van der Waals surface area (Å²) in [7, 11) is -2.78. The van der Waals surface area contributed by atoms with Gasteiger partial charge in [-0.2, -0.15) is 0 Å². The summed E-state index contributed by atoms with van der Waals surface area (Å²) in [5.74, 6) is -0.701. The van der Waals surface area contributed by atoms with Crippen LogP contribution in [0, 0.1) is 0 Å². The molecule has 202 valence electrons. The standard InChI is InChI=1S/C27H29Cl2N3O5S/c1-4-37-25-11-6-5-10-24(25)32(38(35,36)23-14-12-21(28)13-15-23)18-26(33)31(19(2)27(34)30-3)17-20-8-7-9-22(29)16-20/h5-16,19H,4,17-18H2,1-3H3,(H,30,34)/t19-/m1/s1. The Hall–Kier alpha value is -3.27. The van der Waals surface area contributed by atoms with Crippen LogP contribution in [0.5, 0.6) is 5.75 Å². The molecule has 1 N–H and O–H groups in total. The number of nitrogens with zero attached hydrogens (tertiary/aromatic N) is 2. The van der Waals surface area contributed by atoms with Gasteiger partial charge in [-0.15, -0.1) is 0 Å². The van der Waals surface area contributed by atoms with Crippen molar-refractivity contribution in [3.63, 3.8) is 0 Å². The first kappa shape index (κ1) is 29.3. The van der Waals surface area contributed by atoms with Crippen LogP contribution in [-0.4, -0.2) is 51.4 Å². The lowest BCUT2D eigenvalue weighted by Gasteiger charge is -2.32. The van der Waals surface area contributed by atoms with Crippen LogP contribution in [0.1, 0.15) is 19.4 Å². The molecule has 8 nitrogen and oxygen atoms in total. The molecule has 0 radical (unpaired) electrons. The summed E-state index contributed by atoms with van der Waals surface area (Å²) >= 11 is 12.1. The number of likely N-dealkylation sites (N-methyl/N-ethyl adjacent to an activating group) is 1. The predicted molar refractivity (Wildman–Crippen MR) is 149 cm³/mol. The number of halogens is 2. The Morgan fingerprint density at radius 2 is 1.66 bits per heavy atom. The molecule has 0 heterocycles. The molecule has 3 aromatic rings. The molecule has 0 spiro atoms. The first-order valence-corrected chi connectivity index (χ1v) is 14.0. The van der Waals surface area contributed by atoms with Gasteiger partial charge in [0.15, 0.2) is 0 Å². The van der Waals surface area contributed by atoms with Crippen molar-refractivity contribution in [3.05, 3.63) is 88.4 Å². The third kappa shape index (κ3) is 6.98. The van der Waals surface area contributed by atoms with E-state index in [1.165, 1.54) is 36.2 Å². The fourth-order valence-electron chi connectivity index (χ4n) is 3.81. The van der Waals surface area contributed by atoms with Gasteiger partial charge >= 0.3 is 0 Å². The molecule has 0 aliphatic carbocycles. The highest BCUT2D eigenvalue weighted by Gasteiger charge is 2.33. The molecule has 3 rings (SSSR count). The maximum atomic E-state index is 13.9. The van der Waals surface area contributed by atoms with Crippen molar-refractivity contribution in [2.24, 2.45) is 0 Å². The predicted octanol–water partition coefficient (Wildman–Crippen LogP) is 4.75. The van der Waals surface area contributed by atoms with Gasteiger partial charge in [0, 0.05) is 23.6 Å². The summed E-state index contributed by atoms with van der Waals surface area (Å²) < 4.78 is 34.4. The van der Waals surface area contributed by atoms with E-state index in [-0.39, 0.29) is 23.7 Å². The Bertz CT molecular complexity index is 1380. The second-order valence-corrected chi connectivity index (χ2v) is 11.0. The van der Waals surface area contributed by atoms with Crippen molar-refractivity contribution in [2.45, 2.75) is 31.3 Å². The summed E-state index contributed by atoms with van der Waals surface area (Å²) in [5, 5.41) is 3.39. The highest BCUT2D eigenvalue weighted by atomic mass is 35.5. The quantitative estimate of drug-likeness (QED) is 0.354. The lowest BCUT2D eigenvalue weighted by atomic mass is 10.1. The number of carbonyl (C=O) groups excluding carboxylic acids is 2. The van der Waals surface area contributed by atoms with E-state index in [0.717, 1.165) is 4.31 Å². The number of nitrogens with one attached hydrogen (secondary N) is 1. The Morgan fingerprint density at radius 1 is 0.974 bits per heavy atom. The van der Waals surface area contributed by atoms with Crippen LogP contribution < -0.4 is 14.4 Å². The average molecular weight is 579 g/mol. The maximum absolute atomic E-state index is 13.9.